The van der Waals surface area contributed by atoms with E-state index in [2.05, 4.69) is 10.6 Å². The van der Waals surface area contributed by atoms with Crippen molar-refractivity contribution in [2.24, 2.45) is 5.92 Å². The molecule has 0 radical (unpaired) electrons. The van der Waals surface area contributed by atoms with Crippen molar-refractivity contribution in [1.82, 2.24) is 5.32 Å². The molecule has 10 heteroatoms. The van der Waals surface area contributed by atoms with Gasteiger partial charge in [-0.1, -0.05) is 30.0 Å². The van der Waals surface area contributed by atoms with E-state index in [9.17, 15) is 28.4 Å². The number of benzene rings is 2. The van der Waals surface area contributed by atoms with Gasteiger partial charge in [0.25, 0.3) is 0 Å². The number of amides is 2. The molecule has 170 valence electrons. The lowest BCUT2D eigenvalue weighted by Gasteiger charge is -2.31. The number of rotatable bonds is 7. The van der Waals surface area contributed by atoms with Gasteiger partial charge in [0, 0.05) is 11.6 Å². The molecule has 1 aliphatic rings. The van der Waals surface area contributed by atoms with E-state index in [0.29, 0.717) is 5.69 Å². The largest absolute Gasteiger partial charge is 0.465 e. The molecule has 0 aliphatic carbocycles. The quantitative estimate of drug-likeness (QED) is 0.473. The molecule has 33 heavy (non-hydrogen) atoms. The minimum absolute atomic E-state index is 0.00334. The normalized spacial score (nSPS) is 17.7. The van der Waals surface area contributed by atoms with Crippen molar-refractivity contribution in [2.45, 2.75) is 12.8 Å². The number of nitriles is 1. The van der Waals surface area contributed by atoms with Crippen LogP contribution in [-0.2, 0) is 19.1 Å². The maximum Gasteiger partial charge on any atom is 0.319 e. The van der Waals surface area contributed by atoms with E-state index in [1.165, 1.54) is 48.5 Å². The van der Waals surface area contributed by atoms with Gasteiger partial charge in [-0.25, -0.2) is 8.78 Å². The molecule has 2 aromatic carbocycles. The Hall–Kier alpha value is -3.71. The molecule has 0 aromatic heterocycles. The van der Waals surface area contributed by atoms with Crippen molar-refractivity contribution in [3.05, 3.63) is 76.3 Å². The first-order valence-corrected chi connectivity index (χ1v) is 10.9. The molecule has 0 spiro atoms. The third-order valence-corrected chi connectivity index (χ3v) is 5.80. The van der Waals surface area contributed by atoms with Crippen LogP contribution in [0.3, 0.4) is 0 Å². The summed E-state index contributed by atoms with van der Waals surface area (Å²) >= 11 is 0.860. The highest BCUT2D eigenvalue weighted by molar-refractivity contribution is 8.03. The zero-order valence-electron chi connectivity index (χ0n) is 17.4. The lowest BCUT2D eigenvalue weighted by atomic mass is 9.78. The topological polar surface area (TPSA) is 108 Å². The van der Waals surface area contributed by atoms with Gasteiger partial charge in [0.05, 0.1) is 29.0 Å². The van der Waals surface area contributed by atoms with Crippen molar-refractivity contribution in [3.8, 4) is 6.07 Å². The van der Waals surface area contributed by atoms with Gasteiger partial charge in [-0.3, -0.25) is 14.4 Å². The maximum absolute atomic E-state index is 14.6. The average molecular weight is 471 g/mol. The van der Waals surface area contributed by atoms with Gasteiger partial charge in [-0.05, 0) is 42.8 Å². The number of halogens is 2. The second kappa shape index (κ2) is 10.7. The molecule has 0 bridgehead atoms. The van der Waals surface area contributed by atoms with Crippen LogP contribution >= 0.6 is 11.8 Å². The van der Waals surface area contributed by atoms with E-state index in [0.717, 1.165) is 11.8 Å². The van der Waals surface area contributed by atoms with Gasteiger partial charge in [0.1, 0.15) is 17.6 Å². The summed E-state index contributed by atoms with van der Waals surface area (Å²) in [6, 6.07) is 12.7. The maximum atomic E-state index is 14.6. The lowest BCUT2D eigenvalue weighted by Crippen LogP contribution is -2.44. The molecular formula is C23H19F2N3O4S. The van der Waals surface area contributed by atoms with Gasteiger partial charge in [0.2, 0.25) is 11.8 Å². The Balaban J connectivity index is 1.90. The van der Waals surface area contributed by atoms with Crippen molar-refractivity contribution in [1.29, 1.82) is 5.26 Å². The minimum atomic E-state index is -1.46. The summed E-state index contributed by atoms with van der Waals surface area (Å²) in [5.41, 5.74) is 0.309. The van der Waals surface area contributed by atoms with Crippen LogP contribution in [0.1, 0.15) is 18.4 Å². The molecule has 0 saturated heterocycles. The summed E-state index contributed by atoms with van der Waals surface area (Å²) in [6.07, 6.45) is 0. The van der Waals surface area contributed by atoms with Crippen LogP contribution in [0.15, 0.2) is 59.1 Å². The van der Waals surface area contributed by atoms with Gasteiger partial charge in [-0.15, -0.1) is 0 Å². The smallest absolute Gasteiger partial charge is 0.319 e. The number of ether oxygens (including phenoxy) is 1. The van der Waals surface area contributed by atoms with Crippen LogP contribution < -0.4 is 10.6 Å². The number of esters is 1. The number of allylic oxidation sites excluding steroid dienone is 1. The SMILES string of the molecule is CCOC(=O)C1C(=O)NC(SCC(=O)Nc2ccc(F)cc2)=C(C#N)C1c1ccccc1F. The van der Waals surface area contributed by atoms with Gasteiger partial charge >= 0.3 is 5.97 Å². The Bertz CT molecular complexity index is 1150. The Labute approximate surface area is 192 Å². The minimum Gasteiger partial charge on any atom is -0.465 e. The molecule has 2 N–H and O–H groups in total. The Morgan fingerprint density at radius 2 is 1.88 bits per heavy atom. The highest BCUT2D eigenvalue weighted by Gasteiger charge is 2.45. The van der Waals surface area contributed by atoms with E-state index in [1.807, 2.05) is 6.07 Å². The highest BCUT2D eigenvalue weighted by Crippen LogP contribution is 2.41. The molecule has 7 nitrogen and oxygen atoms in total. The van der Waals surface area contributed by atoms with Gasteiger partial charge < -0.3 is 15.4 Å². The van der Waals surface area contributed by atoms with Crippen LogP contribution in [0.25, 0.3) is 0 Å². The summed E-state index contributed by atoms with van der Waals surface area (Å²) in [5, 5.41) is 14.9. The van der Waals surface area contributed by atoms with Crippen LogP contribution in [0.5, 0.6) is 0 Å². The first-order chi connectivity index (χ1) is 15.8. The van der Waals surface area contributed by atoms with E-state index in [1.54, 1.807) is 6.92 Å². The second-order valence-corrected chi connectivity index (χ2v) is 7.90. The van der Waals surface area contributed by atoms with Crippen LogP contribution in [0.4, 0.5) is 14.5 Å². The fourth-order valence-corrected chi connectivity index (χ4v) is 4.20. The molecule has 2 unspecified atom stereocenters. The van der Waals surface area contributed by atoms with E-state index >= 15 is 0 Å². The highest BCUT2D eigenvalue weighted by atomic mass is 32.2. The van der Waals surface area contributed by atoms with Crippen molar-refractivity contribution in [2.75, 3.05) is 17.7 Å². The lowest BCUT2D eigenvalue weighted by molar-refractivity contribution is -0.152. The van der Waals surface area contributed by atoms with E-state index in [4.69, 9.17) is 4.74 Å². The number of nitrogens with zero attached hydrogens (tertiary/aromatic N) is 1. The number of hydrogen-bond donors (Lipinski definition) is 2. The zero-order chi connectivity index (χ0) is 24.0. The number of thioether (sulfide) groups is 1. The molecule has 1 aliphatic heterocycles. The third-order valence-electron chi connectivity index (χ3n) is 4.79. The molecule has 2 aromatic rings. The van der Waals surface area contributed by atoms with Gasteiger partial charge in [0.15, 0.2) is 0 Å². The number of hydrogen-bond acceptors (Lipinski definition) is 6. The first-order valence-electron chi connectivity index (χ1n) is 9.90. The van der Waals surface area contributed by atoms with E-state index < -0.39 is 41.3 Å². The van der Waals surface area contributed by atoms with Crippen LogP contribution in [0, 0.1) is 28.9 Å². The van der Waals surface area contributed by atoms with E-state index in [-0.39, 0.29) is 28.5 Å². The Morgan fingerprint density at radius 1 is 1.18 bits per heavy atom. The third kappa shape index (κ3) is 5.56. The Morgan fingerprint density at radius 3 is 2.52 bits per heavy atom. The molecule has 2 amide bonds. The molecule has 1 heterocycles. The molecular weight excluding hydrogens is 452 g/mol. The standard InChI is InChI=1S/C23H19F2N3O4S/c1-2-32-23(31)20-19(15-5-3-4-6-17(15)25)16(11-26)22(28-21(20)30)33-12-18(29)27-14-9-7-13(24)8-10-14/h3-10,19-20H,2,12H2,1H3,(H,27,29)(H,28,30). The summed E-state index contributed by atoms with van der Waals surface area (Å²) < 4.78 is 32.6. The summed E-state index contributed by atoms with van der Waals surface area (Å²) in [4.78, 5) is 37.6. The van der Waals surface area contributed by atoms with Crippen LogP contribution in [-0.4, -0.2) is 30.1 Å². The summed E-state index contributed by atoms with van der Waals surface area (Å²) in [6.45, 7) is 1.57. The van der Waals surface area contributed by atoms with Crippen molar-refractivity contribution in [3.63, 3.8) is 0 Å². The fraction of sp³-hybridized carbons (Fsp3) is 0.217. The number of anilines is 1. The Kier molecular flexibility index (Phi) is 7.79. The van der Waals surface area contributed by atoms with Gasteiger partial charge in [-0.2, -0.15) is 5.26 Å². The summed E-state index contributed by atoms with van der Waals surface area (Å²) in [7, 11) is 0. The average Bonchev–Trinajstić information content (AvgIpc) is 2.79. The number of carbonyl (C=O) groups excluding carboxylic acids is 3. The molecule has 3 rings (SSSR count). The first kappa shape index (κ1) is 23.9. The molecule has 2 atom stereocenters. The summed E-state index contributed by atoms with van der Waals surface area (Å²) in [5.74, 6) is -6.13. The monoisotopic (exact) mass is 471 g/mol. The van der Waals surface area contributed by atoms with Crippen molar-refractivity contribution < 1.29 is 27.9 Å². The number of nitrogens with one attached hydrogen (secondary N) is 2. The zero-order valence-corrected chi connectivity index (χ0v) is 18.2. The predicted molar refractivity (Wildman–Crippen MR) is 118 cm³/mol. The second-order valence-electron chi connectivity index (χ2n) is 6.92. The fourth-order valence-electron chi connectivity index (χ4n) is 3.36. The molecule has 0 fully saturated rings. The molecule has 0 saturated carbocycles. The number of carbonyl (C=O) groups is 3. The van der Waals surface area contributed by atoms with Crippen LogP contribution in [0.2, 0.25) is 0 Å². The van der Waals surface area contributed by atoms with Crippen molar-refractivity contribution >= 4 is 35.2 Å². The predicted octanol–water partition coefficient (Wildman–Crippen LogP) is 3.46.